The highest BCUT2D eigenvalue weighted by Crippen LogP contribution is 2.15. The third kappa shape index (κ3) is 3.12. The van der Waals surface area contributed by atoms with Crippen molar-refractivity contribution in [3.8, 4) is 0 Å². The Morgan fingerprint density at radius 3 is 2.15 bits per heavy atom. The predicted molar refractivity (Wildman–Crippen MR) is 80.3 cm³/mol. The summed E-state index contributed by atoms with van der Waals surface area (Å²) in [5.41, 5.74) is 4.05. The Morgan fingerprint density at radius 2 is 1.60 bits per heavy atom. The van der Waals surface area contributed by atoms with Gasteiger partial charge in [-0.1, -0.05) is 17.7 Å². The molecule has 3 heteroatoms. The fourth-order valence-corrected chi connectivity index (χ4v) is 2.06. The summed E-state index contributed by atoms with van der Waals surface area (Å²) < 4.78 is 0. The summed E-state index contributed by atoms with van der Waals surface area (Å²) >= 11 is 0. The highest BCUT2D eigenvalue weighted by Gasteiger charge is 2.09. The molecule has 1 N–H and O–H groups in total. The molecule has 0 spiro atoms. The van der Waals surface area contributed by atoms with Crippen molar-refractivity contribution in [2.24, 2.45) is 0 Å². The SMILES string of the molecule is CC(=O)c1ccc(NC(=O)c2ccc(C)cc2C)cc1. The zero-order valence-electron chi connectivity index (χ0n) is 11.9. The lowest BCUT2D eigenvalue weighted by atomic mass is 10.0. The van der Waals surface area contributed by atoms with Gasteiger partial charge in [0.2, 0.25) is 0 Å². The number of carbonyl (C=O) groups is 2. The zero-order valence-corrected chi connectivity index (χ0v) is 11.9. The molecule has 0 atom stereocenters. The summed E-state index contributed by atoms with van der Waals surface area (Å²) in [5.74, 6) is -0.129. The summed E-state index contributed by atoms with van der Waals surface area (Å²) in [6.45, 7) is 5.43. The summed E-state index contributed by atoms with van der Waals surface area (Å²) in [4.78, 5) is 23.4. The quantitative estimate of drug-likeness (QED) is 0.861. The molecule has 0 saturated heterocycles. The highest BCUT2D eigenvalue weighted by molar-refractivity contribution is 6.05. The maximum Gasteiger partial charge on any atom is 0.255 e. The smallest absolute Gasteiger partial charge is 0.255 e. The van der Waals surface area contributed by atoms with Crippen molar-refractivity contribution in [1.29, 1.82) is 0 Å². The topological polar surface area (TPSA) is 46.2 Å². The number of benzene rings is 2. The molecule has 0 aliphatic carbocycles. The van der Waals surface area contributed by atoms with Crippen LogP contribution in [-0.2, 0) is 0 Å². The molecule has 0 unspecified atom stereocenters. The first kappa shape index (κ1) is 14.0. The molecule has 2 aromatic carbocycles. The van der Waals surface area contributed by atoms with E-state index in [-0.39, 0.29) is 11.7 Å². The van der Waals surface area contributed by atoms with E-state index in [2.05, 4.69) is 5.32 Å². The Morgan fingerprint density at radius 1 is 0.950 bits per heavy atom. The lowest BCUT2D eigenvalue weighted by Gasteiger charge is -2.08. The van der Waals surface area contributed by atoms with E-state index in [0.717, 1.165) is 11.1 Å². The zero-order chi connectivity index (χ0) is 14.7. The Balaban J connectivity index is 2.17. The van der Waals surface area contributed by atoms with Crippen LogP contribution in [-0.4, -0.2) is 11.7 Å². The first-order valence-corrected chi connectivity index (χ1v) is 6.47. The number of anilines is 1. The minimum atomic E-state index is -0.141. The molecular formula is C17H17NO2. The van der Waals surface area contributed by atoms with E-state index < -0.39 is 0 Å². The van der Waals surface area contributed by atoms with Crippen molar-refractivity contribution >= 4 is 17.4 Å². The minimum Gasteiger partial charge on any atom is -0.322 e. The van der Waals surface area contributed by atoms with Crippen molar-refractivity contribution < 1.29 is 9.59 Å². The number of carbonyl (C=O) groups excluding carboxylic acids is 2. The number of hydrogen-bond acceptors (Lipinski definition) is 2. The van der Waals surface area contributed by atoms with Gasteiger partial charge in [-0.25, -0.2) is 0 Å². The predicted octanol–water partition coefficient (Wildman–Crippen LogP) is 3.76. The first-order valence-electron chi connectivity index (χ1n) is 6.47. The summed E-state index contributed by atoms with van der Waals surface area (Å²) in [7, 11) is 0. The van der Waals surface area contributed by atoms with E-state index >= 15 is 0 Å². The van der Waals surface area contributed by atoms with Crippen LogP contribution >= 0.6 is 0 Å². The van der Waals surface area contributed by atoms with Crippen LogP contribution in [0.2, 0.25) is 0 Å². The molecule has 3 nitrogen and oxygen atoms in total. The Labute approximate surface area is 118 Å². The maximum absolute atomic E-state index is 12.2. The van der Waals surface area contributed by atoms with Crippen LogP contribution in [0.4, 0.5) is 5.69 Å². The Bertz CT molecular complexity index is 657. The Hall–Kier alpha value is -2.42. The molecule has 0 fully saturated rings. The van der Waals surface area contributed by atoms with Gasteiger partial charge in [0.05, 0.1) is 0 Å². The summed E-state index contributed by atoms with van der Waals surface area (Å²) in [6.07, 6.45) is 0. The second-order valence-corrected chi connectivity index (χ2v) is 4.91. The molecule has 0 saturated carbocycles. The molecule has 2 rings (SSSR count). The number of ketones is 1. The molecule has 0 bridgehead atoms. The summed E-state index contributed by atoms with van der Waals surface area (Å²) in [6, 6.07) is 12.6. The van der Waals surface area contributed by atoms with Crippen LogP contribution < -0.4 is 5.32 Å². The van der Waals surface area contributed by atoms with Crippen molar-refractivity contribution in [2.75, 3.05) is 5.32 Å². The van der Waals surface area contributed by atoms with Crippen LogP contribution in [0.25, 0.3) is 0 Å². The number of rotatable bonds is 3. The lowest BCUT2D eigenvalue weighted by molar-refractivity contribution is 0.101. The van der Waals surface area contributed by atoms with Gasteiger partial charge in [0.1, 0.15) is 0 Å². The van der Waals surface area contributed by atoms with Crippen LogP contribution in [0, 0.1) is 13.8 Å². The standard InChI is InChI=1S/C17H17NO2/c1-11-4-9-16(12(2)10-11)17(20)18-15-7-5-14(6-8-15)13(3)19/h4-10H,1-3H3,(H,18,20). The highest BCUT2D eigenvalue weighted by atomic mass is 16.1. The fourth-order valence-electron chi connectivity index (χ4n) is 2.06. The van der Waals surface area contributed by atoms with Crippen molar-refractivity contribution in [3.63, 3.8) is 0 Å². The normalized spacial score (nSPS) is 10.2. The van der Waals surface area contributed by atoms with Gasteiger partial charge < -0.3 is 5.32 Å². The second-order valence-electron chi connectivity index (χ2n) is 4.91. The van der Waals surface area contributed by atoms with E-state index in [9.17, 15) is 9.59 Å². The lowest BCUT2D eigenvalue weighted by Crippen LogP contribution is -2.13. The number of amides is 1. The molecule has 20 heavy (non-hydrogen) atoms. The van der Waals surface area contributed by atoms with Crippen molar-refractivity contribution in [3.05, 3.63) is 64.7 Å². The minimum absolute atomic E-state index is 0.0113. The third-order valence-electron chi connectivity index (χ3n) is 3.18. The summed E-state index contributed by atoms with van der Waals surface area (Å²) in [5, 5.41) is 2.83. The average Bonchev–Trinajstić information content (AvgIpc) is 2.39. The molecule has 0 aliphatic rings. The van der Waals surface area contributed by atoms with E-state index in [0.29, 0.717) is 16.8 Å². The van der Waals surface area contributed by atoms with E-state index in [1.54, 1.807) is 24.3 Å². The van der Waals surface area contributed by atoms with Gasteiger partial charge in [-0.2, -0.15) is 0 Å². The second kappa shape index (κ2) is 5.70. The monoisotopic (exact) mass is 267 g/mol. The molecule has 0 aliphatic heterocycles. The molecule has 0 heterocycles. The van der Waals surface area contributed by atoms with Crippen LogP contribution in [0.15, 0.2) is 42.5 Å². The average molecular weight is 267 g/mol. The van der Waals surface area contributed by atoms with Crippen LogP contribution in [0.3, 0.4) is 0 Å². The van der Waals surface area contributed by atoms with Crippen LogP contribution in [0.5, 0.6) is 0 Å². The number of hydrogen-bond donors (Lipinski definition) is 1. The van der Waals surface area contributed by atoms with E-state index in [4.69, 9.17) is 0 Å². The largest absolute Gasteiger partial charge is 0.322 e. The van der Waals surface area contributed by atoms with Gasteiger partial charge in [0.25, 0.3) is 5.91 Å². The molecule has 2 aromatic rings. The van der Waals surface area contributed by atoms with Gasteiger partial charge >= 0.3 is 0 Å². The van der Waals surface area contributed by atoms with E-state index in [1.165, 1.54) is 6.92 Å². The molecule has 102 valence electrons. The molecular weight excluding hydrogens is 250 g/mol. The molecule has 0 aromatic heterocycles. The number of nitrogens with one attached hydrogen (secondary N) is 1. The Kier molecular flexibility index (Phi) is 3.99. The number of aryl methyl sites for hydroxylation is 2. The molecule has 1 amide bonds. The number of Topliss-reactive ketones (excluding diaryl/α,β-unsaturated/α-hetero) is 1. The van der Waals surface area contributed by atoms with Gasteiger partial charge in [-0.3, -0.25) is 9.59 Å². The fraction of sp³-hybridized carbons (Fsp3) is 0.176. The van der Waals surface area contributed by atoms with Gasteiger partial charge in [0.15, 0.2) is 5.78 Å². The van der Waals surface area contributed by atoms with Crippen molar-refractivity contribution in [2.45, 2.75) is 20.8 Å². The van der Waals surface area contributed by atoms with Gasteiger partial charge in [-0.15, -0.1) is 0 Å². The van der Waals surface area contributed by atoms with Gasteiger partial charge in [0, 0.05) is 16.8 Å². The van der Waals surface area contributed by atoms with Gasteiger partial charge in [-0.05, 0) is 56.7 Å². The van der Waals surface area contributed by atoms with E-state index in [1.807, 2.05) is 32.0 Å². The third-order valence-corrected chi connectivity index (χ3v) is 3.18. The first-order chi connectivity index (χ1) is 9.47. The molecule has 0 radical (unpaired) electrons. The van der Waals surface area contributed by atoms with Crippen LogP contribution in [0.1, 0.15) is 38.8 Å². The maximum atomic E-state index is 12.2. The van der Waals surface area contributed by atoms with Crippen molar-refractivity contribution in [1.82, 2.24) is 0 Å².